The molecule has 2 N–H and O–H groups in total. The first-order chi connectivity index (χ1) is 14.2. The van der Waals surface area contributed by atoms with Crippen LogP contribution in [0.4, 0.5) is 0 Å². The van der Waals surface area contributed by atoms with E-state index in [0.717, 1.165) is 43.6 Å². The highest BCUT2D eigenvalue weighted by atomic mass is 32.1. The zero-order valence-electron chi connectivity index (χ0n) is 17.4. The number of rotatable bonds is 7. The highest BCUT2D eigenvalue weighted by Crippen LogP contribution is 2.21. The Kier molecular flexibility index (Phi) is 8.04. The molecule has 156 valence electrons. The topological polar surface area (TPSA) is 69.6 Å². The molecule has 2 heterocycles. The Morgan fingerprint density at radius 3 is 2.66 bits per heavy atom. The van der Waals surface area contributed by atoms with Crippen LogP contribution >= 0.6 is 11.3 Å². The molecule has 0 atom stereocenters. The number of hydrogen-bond donors (Lipinski definition) is 2. The maximum Gasteiger partial charge on any atom is 0.263 e. The van der Waals surface area contributed by atoms with Crippen LogP contribution < -0.4 is 10.6 Å². The Hall–Kier alpha value is -2.41. The Morgan fingerprint density at radius 2 is 2.00 bits per heavy atom. The van der Waals surface area contributed by atoms with Gasteiger partial charge in [-0.15, -0.1) is 11.3 Å². The summed E-state index contributed by atoms with van der Waals surface area (Å²) in [6, 6.07) is 10.8. The molecule has 0 radical (unpaired) electrons. The zero-order chi connectivity index (χ0) is 20.5. The van der Waals surface area contributed by atoms with E-state index in [0.29, 0.717) is 18.0 Å². The second kappa shape index (κ2) is 11.0. The molecule has 1 aromatic carbocycles. The molecule has 7 heteroatoms. The van der Waals surface area contributed by atoms with Crippen molar-refractivity contribution < 1.29 is 4.79 Å². The van der Waals surface area contributed by atoms with E-state index in [-0.39, 0.29) is 5.91 Å². The number of aromatic nitrogens is 1. The first-order valence-electron chi connectivity index (χ1n) is 10.4. The number of amides is 1. The average molecular weight is 414 g/mol. The number of guanidine groups is 1. The number of hydrogen-bond acceptors (Lipinski definition) is 4. The van der Waals surface area contributed by atoms with Crippen LogP contribution in [0.25, 0.3) is 0 Å². The lowest BCUT2D eigenvalue weighted by molar-refractivity contribution is 0.0958. The molecule has 0 saturated carbocycles. The van der Waals surface area contributed by atoms with Crippen molar-refractivity contribution in [2.24, 2.45) is 10.9 Å². The van der Waals surface area contributed by atoms with Gasteiger partial charge < -0.3 is 15.5 Å². The number of nitrogens with zero attached hydrogens (tertiary/aromatic N) is 3. The van der Waals surface area contributed by atoms with Crippen molar-refractivity contribution in [1.82, 2.24) is 20.5 Å². The summed E-state index contributed by atoms with van der Waals surface area (Å²) >= 11 is 1.37. The molecule has 1 saturated heterocycles. The molecule has 6 nitrogen and oxygen atoms in total. The average Bonchev–Trinajstić information content (AvgIpc) is 3.17. The second-order valence-corrected chi connectivity index (χ2v) is 8.23. The lowest BCUT2D eigenvalue weighted by atomic mass is 9.90. The third-order valence-electron chi connectivity index (χ3n) is 5.23. The van der Waals surface area contributed by atoms with Crippen LogP contribution in [0.2, 0.25) is 0 Å². The minimum Gasteiger partial charge on any atom is -0.357 e. The quantitative estimate of drug-likeness (QED) is 0.416. The van der Waals surface area contributed by atoms with E-state index in [9.17, 15) is 4.79 Å². The summed E-state index contributed by atoms with van der Waals surface area (Å²) in [4.78, 5) is 24.1. The van der Waals surface area contributed by atoms with Gasteiger partial charge in [0.05, 0.1) is 17.7 Å². The Balaban J connectivity index is 1.45. The summed E-state index contributed by atoms with van der Waals surface area (Å²) in [5, 5.41) is 6.34. The molecular weight excluding hydrogens is 382 g/mol. The predicted octanol–water partition coefficient (Wildman–Crippen LogP) is 3.10. The zero-order valence-corrected chi connectivity index (χ0v) is 18.2. The summed E-state index contributed by atoms with van der Waals surface area (Å²) in [6.45, 7) is 7.92. The van der Waals surface area contributed by atoms with Gasteiger partial charge in [-0.05, 0) is 44.6 Å². The molecule has 0 bridgehead atoms. The van der Waals surface area contributed by atoms with Crippen LogP contribution in [-0.4, -0.2) is 54.5 Å². The maximum absolute atomic E-state index is 12.2. The molecule has 2 aromatic rings. The number of aliphatic imine (C=N–C) groups is 1. The molecule has 0 aliphatic carbocycles. The number of likely N-dealkylation sites (tertiary alicyclic amines) is 1. The first-order valence-corrected chi connectivity index (χ1v) is 11.3. The molecule has 0 spiro atoms. The smallest absolute Gasteiger partial charge is 0.263 e. The van der Waals surface area contributed by atoms with Gasteiger partial charge in [0.2, 0.25) is 0 Å². The van der Waals surface area contributed by atoms with Gasteiger partial charge in [-0.25, -0.2) is 4.98 Å². The van der Waals surface area contributed by atoms with Crippen molar-refractivity contribution in [1.29, 1.82) is 0 Å². The fraction of sp³-hybridized carbons (Fsp3) is 0.500. The third kappa shape index (κ3) is 6.29. The maximum atomic E-state index is 12.2. The van der Waals surface area contributed by atoms with Gasteiger partial charge in [0.1, 0.15) is 4.88 Å². The first kappa shape index (κ1) is 21.3. The van der Waals surface area contributed by atoms with Gasteiger partial charge in [0.25, 0.3) is 5.91 Å². The minimum atomic E-state index is -0.0630. The van der Waals surface area contributed by atoms with Crippen molar-refractivity contribution in [3.8, 4) is 0 Å². The molecule has 1 aromatic heterocycles. The summed E-state index contributed by atoms with van der Waals surface area (Å²) in [5.41, 5.74) is 3.91. The number of piperidine rings is 1. The number of carbonyl (C=O) groups is 1. The largest absolute Gasteiger partial charge is 0.357 e. The van der Waals surface area contributed by atoms with Gasteiger partial charge in [-0.3, -0.25) is 9.79 Å². The molecule has 29 heavy (non-hydrogen) atoms. The lowest BCUT2D eigenvalue weighted by Crippen LogP contribution is -2.46. The molecule has 0 unspecified atom stereocenters. The molecule has 1 amide bonds. The van der Waals surface area contributed by atoms with Gasteiger partial charge in [0.15, 0.2) is 5.96 Å². The van der Waals surface area contributed by atoms with E-state index in [1.165, 1.54) is 29.7 Å². The molecular formula is C22H31N5OS. The van der Waals surface area contributed by atoms with Crippen LogP contribution in [-0.2, 0) is 6.42 Å². The monoisotopic (exact) mass is 413 g/mol. The van der Waals surface area contributed by atoms with Gasteiger partial charge in [-0.1, -0.05) is 30.3 Å². The van der Waals surface area contributed by atoms with Crippen LogP contribution in [0.1, 0.15) is 40.7 Å². The van der Waals surface area contributed by atoms with E-state index in [2.05, 4.69) is 57.8 Å². The Morgan fingerprint density at radius 1 is 1.24 bits per heavy atom. The normalized spacial score (nSPS) is 15.4. The van der Waals surface area contributed by atoms with Crippen LogP contribution in [0, 0.1) is 12.8 Å². The van der Waals surface area contributed by atoms with E-state index in [4.69, 9.17) is 4.99 Å². The van der Waals surface area contributed by atoms with Crippen molar-refractivity contribution >= 4 is 23.2 Å². The number of aryl methyl sites for hydroxylation is 1. The van der Waals surface area contributed by atoms with E-state index in [1.54, 1.807) is 5.51 Å². The van der Waals surface area contributed by atoms with E-state index in [1.807, 2.05) is 6.92 Å². The Bertz CT molecular complexity index is 797. The van der Waals surface area contributed by atoms with Crippen LogP contribution in [0.15, 0.2) is 40.8 Å². The molecule has 1 fully saturated rings. The summed E-state index contributed by atoms with van der Waals surface area (Å²) in [7, 11) is 0. The SMILES string of the molecule is CCNC(=NCCNC(=O)c1scnc1C)N1CCC(Cc2ccccc2)CC1. The van der Waals surface area contributed by atoms with Crippen molar-refractivity contribution in [2.75, 3.05) is 32.7 Å². The van der Waals surface area contributed by atoms with Crippen LogP contribution in [0.3, 0.4) is 0 Å². The number of thiazole rings is 1. The number of benzene rings is 1. The van der Waals surface area contributed by atoms with Crippen molar-refractivity contribution in [2.45, 2.75) is 33.1 Å². The Labute approximate surface area is 177 Å². The fourth-order valence-corrected chi connectivity index (χ4v) is 4.37. The number of carbonyl (C=O) groups excluding carboxylic acids is 1. The lowest BCUT2D eigenvalue weighted by Gasteiger charge is -2.34. The van der Waals surface area contributed by atoms with E-state index < -0.39 is 0 Å². The van der Waals surface area contributed by atoms with E-state index >= 15 is 0 Å². The van der Waals surface area contributed by atoms with Crippen LogP contribution in [0.5, 0.6) is 0 Å². The summed E-state index contributed by atoms with van der Waals surface area (Å²) < 4.78 is 0. The van der Waals surface area contributed by atoms with Gasteiger partial charge in [-0.2, -0.15) is 0 Å². The molecule has 3 rings (SSSR count). The highest BCUT2D eigenvalue weighted by molar-refractivity contribution is 7.11. The minimum absolute atomic E-state index is 0.0630. The van der Waals surface area contributed by atoms with Crippen molar-refractivity contribution in [3.05, 3.63) is 52.0 Å². The van der Waals surface area contributed by atoms with Crippen molar-refractivity contribution in [3.63, 3.8) is 0 Å². The second-order valence-electron chi connectivity index (χ2n) is 7.38. The summed E-state index contributed by atoms with van der Waals surface area (Å²) in [5.74, 6) is 1.62. The fourth-order valence-electron chi connectivity index (χ4n) is 3.65. The molecule has 1 aliphatic heterocycles. The summed E-state index contributed by atoms with van der Waals surface area (Å²) in [6.07, 6.45) is 3.52. The highest BCUT2D eigenvalue weighted by Gasteiger charge is 2.21. The number of nitrogens with one attached hydrogen (secondary N) is 2. The molecule has 1 aliphatic rings. The van der Waals surface area contributed by atoms with Gasteiger partial charge >= 0.3 is 0 Å². The van der Waals surface area contributed by atoms with Gasteiger partial charge in [0, 0.05) is 26.2 Å². The predicted molar refractivity (Wildman–Crippen MR) is 120 cm³/mol. The third-order valence-corrected chi connectivity index (χ3v) is 6.15. The standard InChI is InChI=1S/C22H31N5OS/c1-3-23-22(25-12-11-24-21(28)20-17(2)26-16-29-20)27-13-9-19(10-14-27)15-18-7-5-4-6-8-18/h4-8,16,19H,3,9-15H2,1-2H3,(H,23,25)(H,24,28).